The van der Waals surface area contributed by atoms with Crippen LogP contribution in [0.15, 0.2) is 76.9 Å². The van der Waals surface area contributed by atoms with Crippen molar-refractivity contribution in [3.8, 4) is 5.69 Å². The van der Waals surface area contributed by atoms with Gasteiger partial charge in [-0.15, -0.1) is 0 Å². The zero-order valence-electron chi connectivity index (χ0n) is 19.3. The minimum atomic E-state index is -4.19. The molecule has 2 aromatic heterocycles. The number of carbonyl (C=O) groups excluding carboxylic acids is 2. The molecule has 4 aromatic rings. The van der Waals surface area contributed by atoms with Gasteiger partial charge in [0.05, 0.1) is 11.6 Å². The number of carbonyl (C=O) groups is 2. The van der Waals surface area contributed by atoms with Crippen LogP contribution in [-0.2, 0) is 14.8 Å². The highest BCUT2D eigenvalue weighted by Crippen LogP contribution is 2.23. The second kappa shape index (κ2) is 9.59. The Labute approximate surface area is 211 Å². The maximum absolute atomic E-state index is 12.8. The molecule has 36 heavy (non-hydrogen) atoms. The Kier molecular flexibility index (Phi) is 6.70. The van der Waals surface area contributed by atoms with Gasteiger partial charge in [0.1, 0.15) is 0 Å². The van der Waals surface area contributed by atoms with Crippen LogP contribution in [0, 0.1) is 5.41 Å². The number of rotatable bonds is 7. The van der Waals surface area contributed by atoms with E-state index in [9.17, 15) is 22.8 Å². The number of nitrogens with one attached hydrogen (secondary N) is 3. The van der Waals surface area contributed by atoms with Crippen LogP contribution < -0.4 is 15.6 Å². The molecule has 0 saturated carbocycles. The first-order valence-corrected chi connectivity index (χ1v) is 12.6. The Hall–Kier alpha value is -3.96. The molecule has 0 radical (unpaired) electrons. The van der Waals surface area contributed by atoms with Gasteiger partial charge in [-0.3, -0.25) is 23.9 Å². The summed E-state index contributed by atoms with van der Waals surface area (Å²) in [4.78, 5) is 43.8. The first-order valence-electron chi connectivity index (χ1n) is 10.7. The average molecular weight is 528 g/mol. The lowest BCUT2D eigenvalue weighted by Crippen LogP contribution is -2.46. The molecule has 0 saturated heterocycles. The zero-order chi connectivity index (χ0) is 26.1. The van der Waals surface area contributed by atoms with Crippen molar-refractivity contribution < 1.29 is 18.0 Å². The summed E-state index contributed by atoms with van der Waals surface area (Å²) in [5, 5.41) is 3.53. The van der Waals surface area contributed by atoms with Crippen molar-refractivity contribution in [2.75, 3.05) is 6.54 Å². The molecule has 0 aliphatic heterocycles. The molecule has 4 rings (SSSR count). The third-order valence-electron chi connectivity index (χ3n) is 5.51. The fourth-order valence-corrected chi connectivity index (χ4v) is 4.68. The number of benzene rings is 2. The minimum Gasteiger partial charge on any atom is -0.351 e. The SMILES string of the molecule is CC(C)(CNC(=O)c1ccc(-n2ccncc2=O)cc1)C(=O)NS(=O)(=O)c1cc2ccc(Cl)cc2[nH]1. The van der Waals surface area contributed by atoms with Gasteiger partial charge in [-0.2, -0.15) is 8.42 Å². The smallest absolute Gasteiger partial charge is 0.279 e. The van der Waals surface area contributed by atoms with Crippen LogP contribution in [0.2, 0.25) is 5.02 Å². The third-order valence-corrected chi connectivity index (χ3v) is 7.00. The van der Waals surface area contributed by atoms with Crippen LogP contribution in [0.3, 0.4) is 0 Å². The number of amides is 2. The molecule has 186 valence electrons. The molecule has 0 bridgehead atoms. The molecule has 0 aliphatic carbocycles. The van der Waals surface area contributed by atoms with Gasteiger partial charge in [-0.25, -0.2) is 4.72 Å². The molecule has 3 N–H and O–H groups in total. The third kappa shape index (κ3) is 5.31. The van der Waals surface area contributed by atoms with E-state index in [-0.39, 0.29) is 17.1 Å². The van der Waals surface area contributed by atoms with Crippen molar-refractivity contribution in [2.24, 2.45) is 5.41 Å². The average Bonchev–Trinajstić information content (AvgIpc) is 3.27. The summed E-state index contributed by atoms with van der Waals surface area (Å²) < 4.78 is 29.0. The number of H-pyrrole nitrogens is 1. The van der Waals surface area contributed by atoms with Crippen LogP contribution in [0.4, 0.5) is 0 Å². The molecular formula is C24H22ClN5O5S. The highest BCUT2D eigenvalue weighted by molar-refractivity contribution is 7.90. The minimum absolute atomic E-state index is 0.124. The first-order chi connectivity index (χ1) is 17.0. The van der Waals surface area contributed by atoms with Crippen molar-refractivity contribution in [1.29, 1.82) is 0 Å². The van der Waals surface area contributed by atoms with Gasteiger partial charge in [0.15, 0.2) is 5.03 Å². The van der Waals surface area contributed by atoms with Gasteiger partial charge < -0.3 is 10.3 Å². The molecule has 2 aromatic carbocycles. The number of fused-ring (bicyclic) bond motifs is 1. The predicted molar refractivity (Wildman–Crippen MR) is 135 cm³/mol. The van der Waals surface area contributed by atoms with Crippen molar-refractivity contribution >= 4 is 44.3 Å². The second-order valence-electron chi connectivity index (χ2n) is 8.70. The highest BCUT2D eigenvalue weighted by atomic mass is 35.5. The lowest BCUT2D eigenvalue weighted by molar-refractivity contribution is -0.127. The van der Waals surface area contributed by atoms with E-state index in [4.69, 9.17) is 11.6 Å². The predicted octanol–water partition coefficient (Wildman–Crippen LogP) is 2.63. The molecule has 0 aliphatic rings. The van der Waals surface area contributed by atoms with Crippen LogP contribution in [-0.4, -0.2) is 41.3 Å². The number of aromatic amines is 1. The number of hydrogen-bond acceptors (Lipinski definition) is 6. The van der Waals surface area contributed by atoms with E-state index < -0.39 is 27.3 Å². The summed E-state index contributed by atoms with van der Waals surface area (Å²) in [6.07, 6.45) is 4.17. The Bertz CT molecular complexity index is 1620. The normalized spacial score (nSPS) is 11.9. The Morgan fingerprint density at radius 2 is 1.83 bits per heavy atom. The number of sulfonamides is 1. The van der Waals surface area contributed by atoms with Gasteiger partial charge in [-0.05, 0) is 56.3 Å². The lowest BCUT2D eigenvalue weighted by Gasteiger charge is -2.23. The molecule has 0 unspecified atom stereocenters. The maximum Gasteiger partial charge on any atom is 0.279 e. The van der Waals surface area contributed by atoms with Crippen molar-refractivity contribution in [3.63, 3.8) is 0 Å². The molecule has 0 atom stereocenters. The van der Waals surface area contributed by atoms with E-state index in [2.05, 4.69) is 20.0 Å². The van der Waals surface area contributed by atoms with E-state index >= 15 is 0 Å². The largest absolute Gasteiger partial charge is 0.351 e. The van der Waals surface area contributed by atoms with E-state index in [1.165, 1.54) is 55.2 Å². The highest BCUT2D eigenvalue weighted by Gasteiger charge is 2.32. The van der Waals surface area contributed by atoms with Gasteiger partial charge in [0, 0.05) is 46.1 Å². The maximum atomic E-state index is 12.8. The van der Waals surface area contributed by atoms with Gasteiger partial charge >= 0.3 is 0 Å². The van der Waals surface area contributed by atoms with Gasteiger partial charge in [0.25, 0.3) is 21.5 Å². The van der Waals surface area contributed by atoms with Crippen LogP contribution in [0.1, 0.15) is 24.2 Å². The second-order valence-corrected chi connectivity index (χ2v) is 10.8. The fraction of sp³-hybridized carbons (Fsp3) is 0.167. The summed E-state index contributed by atoms with van der Waals surface area (Å²) in [5.74, 6) is -1.24. The quantitative estimate of drug-likeness (QED) is 0.337. The topological polar surface area (TPSA) is 143 Å². The van der Waals surface area contributed by atoms with Crippen molar-refractivity contribution in [2.45, 2.75) is 18.9 Å². The molecule has 10 nitrogen and oxygen atoms in total. The standard InChI is InChI=1S/C24H22ClN5O5S/c1-24(2,23(33)29-36(34,35)20-11-16-3-6-17(25)12-19(16)28-20)14-27-22(32)15-4-7-18(8-5-15)30-10-9-26-13-21(30)31/h3-13,28H,14H2,1-2H3,(H,27,32)(H,29,33). The van der Waals surface area contributed by atoms with E-state index in [1.54, 1.807) is 30.3 Å². The summed E-state index contributed by atoms with van der Waals surface area (Å²) in [7, 11) is -4.19. The van der Waals surface area contributed by atoms with E-state index in [1.807, 2.05) is 0 Å². The van der Waals surface area contributed by atoms with Crippen LogP contribution in [0.25, 0.3) is 16.6 Å². The Balaban J connectivity index is 1.40. The summed E-state index contributed by atoms with van der Waals surface area (Å²) in [6, 6.07) is 12.6. The first kappa shape index (κ1) is 25.1. The van der Waals surface area contributed by atoms with E-state index in [0.717, 1.165) is 0 Å². The lowest BCUT2D eigenvalue weighted by atomic mass is 9.92. The number of nitrogens with zero attached hydrogens (tertiary/aromatic N) is 2. The molecular weight excluding hydrogens is 506 g/mol. The van der Waals surface area contributed by atoms with E-state index in [0.29, 0.717) is 27.2 Å². The van der Waals surface area contributed by atoms with Gasteiger partial charge in [0.2, 0.25) is 5.91 Å². The summed E-state index contributed by atoms with van der Waals surface area (Å²) >= 11 is 5.94. The zero-order valence-corrected chi connectivity index (χ0v) is 20.9. The van der Waals surface area contributed by atoms with Crippen molar-refractivity contribution in [3.05, 3.63) is 88.1 Å². The molecule has 0 fully saturated rings. The molecule has 2 heterocycles. The van der Waals surface area contributed by atoms with Crippen LogP contribution >= 0.6 is 11.6 Å². The van der Waals surface area contributed by atoms with Crippen LogP contribution in [0.5, 0.6) is 0 Å². The fourth-order valence-electron chi connectivity index (χ4n) is 3.35. The number of aromatic nitrogens is 3. The number of hydrogen-bond donors (Lipinski definition) is 3. The van der Waals surface area contributed by atoms with Crippen molar-refractivity contribution in [1.82, 2.24) is 24.6 Å². The Morgan fingerprint density at radius 1 is 1.11 bits per heavy atom. The molecule has 2 amide bonds. The monoisotopic (exact) mass is 527 g/mol. The summed E-state index contributed by atoms with van der Waals surface area (Å²) in [5.41, 5.74) is -0.178. The van der Waals surface area contributed by atoms with Gasteiger partial charge in [-0.1, -0.05) is 17.7 Å². The molecule has 0 spiro atoms. The summed E-state index contributed by atoms with van der Waals surface area (Å²) in [6.45, 7) is 2.91. The Morgan fingerprint density at radius 3 is 2.53 bits per heavy atom. The molecule has 12 heteroatoms. The number of halogens is 1.